The summed E-state index contributed by atoms with van der Waals surface area (Å²) in [5.41, 5.74) is 0.607. The largest absolute Gasteiger partial charge is 0.339 e. The molecule has 0 saturated carbocycles. The Labute approximate surface area is 94.9 Å². The lowest BCUT2D eigenvalue weighted by Crippen LogP contribution is -2.44. The average molecular weight is 220 g/mol. The van der Waals surface area contributed by atoms with Crippen molar-refractivity contribution in [1.29, 1.82) is 0 Å². The van der Waals surface area contributed by atoms with Crippen LogP contribution in [0.4, 0.5) is 0 Å². The molecule has 0 aromatic carbocycles. The lowest BCUT2D eigenvalue weighted by atomic mass is 10.0. The summed E-state index contributed by atoms with van der Waals surface area (Å²) < 4.78 is 0. The topological polar surface area (TPSA) is 58.1 Å². The molecular weight excluding hydrogens is 204 g/mol. The number of hydrogen-bond acceptors (Lipinski definition) is 4. The van der Waals surface area contributed by atoms with Crippen LogP contribution in [-0.4, -0.2) is 47.2 Å². The first-order chi connectivity index (χ1) is 7.79. The third kappa shape index (κ3) is 2.36. The van der Waals surface area contributed by atoms with E-state index in [1.165, 1.54) is 6.20 Å². The molecule has 0 bridgehead atoms. The van der Waals surface area contributed by atoms with Crippen molar-refractivity contribution >= 4 is 5.91 Å². The molecule has 1 N–H and O–H groups in total. The molecule has 86 valence electrons. The molecule has 0 unspecified atom stereocenters. The Balaban J connectivity index is 2.04. The number of aromatic nitrogens is 2. The Bertz CT molecular complexity index is 348. The minimum atomic E-state index is 0.0294. The first-order valence-corrected chi connectivity index (χ1v) is 5.53. The Morgan fingerprint density at radius 2 is 2.19 bits per heavy atom. The number of carbonyl (C=O) groups excluding carboxylic acids is 1. The fraction of sp³-hybridized carbons (Fsp3) is 0.545. The Kier molecular flexibility index (Phi) is 3.46. The summed E-state index contributed by atoms with van der Waals surface area (Å²) in [5.74, 6) is 0.0294. The third-order valence-corrected chi connectivity index (χ3v) is 3.01. The van der Waals surface area contributed by atoms with E-state index in [9.17, 15) is 4.79 Å². The van der Waals surface area contributed by atoms with E-state index in [2.05, 4.69) is 15.5 Å². The molecule has 1 aliphatic heterocycles. The number of nitrogens with one attached hydrogen (secondary N) is 1. The van der Waals surface area contributed by atoms with Crippen LogP contribution < -0.4 is 5.32 Å². The van der Waals surface area contributed by atoms with Crippen LogP contribution in [0.3, 0.4) is 0 Å². The van der Waals surface area contributed by atoms with E-state index in [1.807, 2.05) is 11.9 Å². The molecule has 1 aliphatic rings. The summed E-state index contributed by atoms with van der Waals surface area (Å²) in [7, 11) is 1.86. The highest BCUT2D eigenvalue weighted by Gasteiger charge is 2.22. The van der Waals surface area contributed by atoms with Gasteiger partial charge in [-0.3, -0.25) is 4.79 Å². The number of amides is 1. The van der Waals surface area contributed by atoms with Crippen LogP contribution in [0.25, 0.3) is 0 Å². The standard InChI is InChI=1S/C11H16N4O/c1-15(10-3-5-12-6-4-10)11(16)9-2-7-13-14-8-9/h2,7-8,10,12H,3-6H2,1H3. The number of carbonyl (C=O) groups is 1. The molecule has 1 aromatic heterocycles. The van der Waals surface area contributed by atoms with Crippen LogP contribution in [0.1, 0.15) is 23.2 Å². The smallest absolute Gasteiger partial charge is 0.255 e. The van der Waals surface area contributed by atoms with Gasteiger partial charge in [0.25, 0.3) is 5.91 Å². The first-order valence-electron chi connectivity index (χ1n) is 5.53. The van der Waals surface area contributed by atoms with Gasteiger partial charge in [-0.15, -0.1) is 0 Å². The van der Waals surface area contributed by atoms with Crippen molar-refractivity contribution in [3.05, 3.63) is 24.0 Å². The van der Waals surface area contributed by atoms with Gasteiger partial charge in [-0.2, -0.15) is 10.2 Å². The van der Waals surface area contributed by atoms with E-state index in [1.54, 1.807) is 12.3 Å². The van der Waals surface area contributed by atoms with Gasteiger partial charge in [0.05, 0.1) is 18.0 Å². The Morgan fingerprint density at radius 1 is 1.44 bits per heavy atom. The Morgan fingerprint density at radius 3 is 2.81 bits per heavy atom. The molecule has 5 heteroatoms. The van der Waals surface area contributed by atoms with Crippen molar-refractivity contribution in [2.45, 2.75) is 18.9 Å². The molecule has 1 fully saturated rings. The molecule has 0 radical (unpaired) electrons. The maximum absolute atomic E-state index is 12.1. The summed E-state index contributed by atoms with van der Waals surface area (Å²) in [5, 5.41) is 10.7. The van der Waals surface area contributed by atoms with Gasteiger partial charge in [0, 0.05) is 13.1 Å². The highest BCUT2D eigenvalue weighted by atomic mass is 16.2. The first kappa shape index (κ1) is 11.0. The molecule has 2 rings (SSSR count). The maximum Gasteiger partial charge on any atom is 0.255 e. The molecule has 0 aliphatic carbocycles. The zero-order valence-corrected chi connectivity index (χ0v) is 9.39. The van der Waals surface area contributed by atoms with E-state index in [4.69, 9.17) is 0 Å². The highest BCUT2D eigenvalue weighted by Crippen LogP contribution is 2.12. The fourth-order valence-corrected chi connectivity index (χ4v) is 1.98. The zero-order valence-electron chi connectivity index (χ0n) is 9.39. The summed E-state index contributed by atoms with van der Waals surface area (Å²) in [4.78, 5) is 13.9. The SMILES string of the molecule is CN(C(=O)c1ccnnc1)C1CCNCC1. The van der Waals surface area contributed by atoms with Crippen molar-refractivity contribution in [2.75, 3.05) is 20.1 Å². The van der Waals surface area contributed by atoms with Gasteiger partial charge in [0.2, 0.25) is 0 Å². The van der Waals surface area contributed by atoms with Gasteiger partial charge in [0.1, 0.15) is 0 Å². The molecule has 5 nitrogen and oxygen atoms in total. The lowest BCUT2D eigenvalue weighted by Gasteiger charge is -2.31. The van der Waals surface area contributed by atoms with Crippen LogP contribution in [0, 0.1) is 0 Å². The summed E-state index contributed by atoms with van der Waals surface area (Å²) in [6.07, 6.45) is 5.09. The van der Waals surface area contributed by atoms with E-state index in [0.29, 0.717) is 11.6 Å². The second-order valence-corrected chi connectivity index (χ2v) is 4.03. The molecule has 16 heavy (non-hydrogen) atoms. The fourth-order valence-electron chi connectivity index (χ4n) is 1.98. The molecular formula is C11H16N4O. The summed E-state index contributed by atoms with van der Waals surface area (Å²) in [6.45, 7) is 1.97. The summed E-state index contributed by atoms with van der Waals surface area (Å²) >= 11 is 0. The Hall–Kier alpha value is -1.49. The lowest BCUT2D eigenvalue weighted by molar-refractivity contribution is 0.0702. The molecule has 1 aromatic rings. The second-order valence-electron chi connectivity index (χ2n) is 4.03. The number of piperidine rings is 1. The van der Waals surface area contributed by atoms with Gasteiger partial charge < -0.3 is 10.2 Å². The van der Waals surface area contributed by atoms with E-state index >= 15 is 0 Å². The summed E-state index contributed by atoms with van der Waals surface area (Å²) in [6, 6.07) is 2.04. The highest BCUT2D eigenvalue weighted by molar-refractivity contribution is 5.93. The minimum absolute atomic E-state index is 0.0294. The van der Waals surface area contributed by atoms with Crippen molar-refractivity contribution in [3.63, 3.8) is 0 Å². The minimum Gasteiger partial charge on any atom is -0.339 e. The predicted octanol–water partition coefficient (Wildman–Crippen LogP) is 0.301. The van der Waals surface area contributed by atoms with E-state index < -0.39 is 0 Å². The van der Waals surface area contributed by atoms with Crippen LogP contribution in [0.2, 0.25) is 0 Å². The van der Waals surface area contributed by atoms with Gasteiger partial charge in [-0.1, -0.05) is 0 Å². The zero-order chi connectivity index (χ0) is 11.4. The molecule has 1 saturated heterocycles. The number of rotatable bonds is 2. The number of nitrogens with zero attached hydrogens (tertiary/aromatic N) is 3. The number of hydrogen-bond donors (Lipinski definition) is 1. The van der Waals surface area contributed by atoms with Gasteiger partial charge in [-0.25, -0.2) is 0 Å². The van der Waals surface area contributed by atoms with Crippen LogP contribution in [-0.2, 0) is 0 Å². The maximum atomic E-state index is 12.1. The molecule has 0 atom stereocenters. The van der Waals surface area contributed by atoms with Crippen molar-refractivity contribution < 1.29 is 4.79 Å². The van der Waals surface area contributed by atoms with E-state index in [0.717, 1.165) is 25.9 Å². The predicted molar refractivity (Wildman–Crippen MR) is 60.0 cm³/mol. The van der Waals surface area contributed by atoms with Gasteiger partial charge in [-0.05, 0) is 32.0 Å². The molecule has 0 spiro atoms. The monoisotopic (exact) mass is 220 g/mol. The van der Waals surface area contributed by atoms with Crippen molar-refractivity contribution in [2.24, 2.45) is 0 Å². The second kappa shape index (κ2) is 5.03. The quantitative estimate of drug-likeness (QED) is 0.779. The molecule has 2 heterocycles. The average Bonchev–Trinajstić information content (AvgIpc) is 2.39. The van der Waals surface area contributed by atoms with Gasteiger partial charge >= 0.3 is 0 Å². The van der Waals surface area contributed by atoms with Crippen molar-refractivity contribution in [1.82, 2.24) is 20.4 Å². The normalized spacial score (nSPS) is 17.1. The van der Waals surface area contributed by atoms with Crippen LogP contribution >= 0.6 is 0 Å². The van der Waals surface area contributed by atoms with Crippen LogP contribution in [0.15, 0.2) is 18.5 Å². The molecule has 1 amide bonds. The van der Waals surface area contributed by atoms with Crippen LogP contribution in [0.5, 0.6) is 0 Å². The van der Waals surface area contributed by atoms with E-state index in [-0.39, 0.29) is 5.91 Å². The van der Waals surface area contributed by atoms with Gasteiger partial charge in [0.15, 0.2) is 0 Å². The third-order valence-electron chi connectivity index (χ3n) is 3.01. The van der Waals surface area contributed by atoms with Crippen molar-refractivity contribution in [3.8, 4) is 0 Å².